The molecule has 1 fully saturated rings. The first-order valence-corrected chi connectivity index (χ1v) is 7.67. The number of halogens is 2. The lowest BCUT2D eigenvalue weighted by molar-refractivity contribution is 0.362. The molecule has 3 heteroatoms. The van der Waals surface area contributed by atoms with Crippen molar-refractivity contribution in [1.82, 2.24) is 5.32 Å². The standard InChI is InChI=1S/C15H21BrFN/c1-2-18-15(11-5-3-4-6-11)9-12-7-8-13(17)10-14(12)16/h7-8,10-11,15,18H,2-6,9H2,1H3. The molecule has 1 aromatic carbocycles. The zero-order valence-corrected chi connectivity index (χ0v) is 12.5. The summed E-state index contributed by atoms with van der Waals surface area (Å²) >= 11 is 3.47. The average molecular weight is 314 g/mol. The third kappa shape index (κ3) is 3.55. The van der Waals surface area contributed by atoms with Crippen molar-refractivity contribution in [2.24, 2.45) is 5.92 Å². The Kier molecular flexibility index (Phi) is 5.19. The van der Waals surface area contributed by atoms with Gasteiger partial charge in [-0.15, -0.1) is 0 Å². The molecule has 1 N–H and O–H groups in total. The monoisotopic (exact) mass is 313 g/mol. The molecule has 0 bridgehead atoms. The first-order valence-electron chi connectivity index (χ1n) is 6.88. The maximum absolute atomic E-state index is 13.1. The Balaban J connectivity index is 2.07. The minimum atomic E-state index is -0.175. The zero-order valence-electron chi connectivity index (χ0n) is 10.9. The van der Waals surface area contributed by atoms with Crippen LogP contribution in [0.5, 0.6) is 0 Å². The first kappa shape index (κ1) is 14.0. The van der Waals surface area contributed by atoms with Gasteiger partial charge in [0.2, 0.25) is 0 Å². The van der Waals surface area contributed by atoms with Gasteiger partial charge in [-0.3, -0.25) is 0 Å². The van der Waals surface area contributed by atoms with Crippen molar-refractivity contribution >= 4 is 15.9 Å². The van der Waals surface area contributed by atoms with Gasteiger partial charge in [-0.05, 0) is 49.4 Å². The van der Waals surface area contributed by atoms with Gasteiger partial charge >= 0.3 is 0 Å². The van der Waals surface area contributed by atoms with Crippen LogP contribution >= 0.6 is 15.9 Å². The van der Waals surface area contributed by atoms with E-state index in [0.717, 1.165) is 23.4 Å². The Morgan fingerprint density at radius 3 is 2.72 bits per heavy atom. The minimum Gasteiger partial charge on any atom is -0.314 e. The van der Waals surface area contributed by atoms with E-state index in [1.54, 1.807) is 12.1 Å². The summed E-state index contributed by atoms with van der Waals surface area (Å²) in [5, 5.41) is 3.60. The van der Waals surface area contributed by atoms with E-state index in [2.05, 4.69) is 28.2 Å². The van der Waals surface area contributed by atoms with Crippen LogP contribution in [0.1, 0.15) is 38.2 Å². The van der Waals surface area contributed by atoms with Crippen LogP contribution in [0, 0.1) is 11.7 Å². The molecule has 0 radical (unpaired) electrons. The molecule has 18 heavy (non-hydrogen) atoms. The highest BCUT2D eigenvalue weighted by Crippen LogP contribution is 2.30. The summed E-state index contributed by atoms with van der Waals surface area (Å²) in [7, 11) is 0. The molecule has 0 amide bonds. The fraction of sp³-hybridized carbons (Fsp3) is 0.600. The van der Waals surface area contributed by atoms with E-state index in [0.29, 0.717) is 6.04 Å². The van der Waals surface area contributed by atoms with Gasteiger partial charge in [-0.2, -0.15) is 0 Å². The molecule has 1 unspecified atom stereocenters. The Labute approximate surface area is 117 Å². The molecule has 0 aromatic heterocycles. The lowest BCUT2D eigenvalue weighted by Crippen LogP contribution is -2.37. The summed E-state index contributed by atoms with van der Waals surface area (Å²) in [4.78, 5) is 0. The SMILES string of the molecule is CCNC(Cc1ccc(F)cc1Br)C1CCCC1. The molecule has 1 nitrogen and oxygen atoms in total. The van der Waals surface area contributed by atoms with E-state index in [-0.39, 0.29) is 5.82 Å². The van der Waals surface area contributed by atoms with E-state index in [1.807, 2.05) is 6.07 Å². The van der Waals surface area contributed by atoms with Crippen LogP contribution in [-0.2, 0) is 6.42 Å². The van der Waals surface area contributed by atoms with Crippen molar-refractivity contribution in [3.63, 3.8) is 0 Å². The molecule has 1 aliphatic carbocycles. The lowest BCUT2D eigenvalue weighted by Gasteiger charge is -2.25. The van der Waals surface area contributed by atoms with Gasteiger partial charge in [0.25, 0.3) is 0 Å². The molecule has 100 valence electrons. The molecule has 1 aliphatic rings. The smallest absolute Gasteiger partial charge is 0.124 e. The van der Waals surface area contributed by atoms with Gasteiger partial charge in [0, 0.05) is 10.5 Å². The van der Waals surface area contributed by atoms with Crippen LogP contribution in [0.3, 0.4) is 0 Å². The molecule has 1 saturated carbocycles. The van der Waals surface area contributed by atoms with Crippen molar-refractivity contribution in [2.45, 2.75) is 45.1 Å². The highest BCUT2D eigenvalue weighted by molar-refractivity contribution is 9.10. The predicted molar refractivity (Wildman–Crippen MR) is 77.2 cm³/mol. The molecule has 1 aromatic rings. The van der Waals surface area contributed by atoms with Gasteiger partial charge in [0.1, 0.15) is 5.82 Å². The maximum atomic E-state index is 13.1. The molecular weight excluding hydrogens is 293 g/mol. The van der Waals surface area contributed by atoms with E-state index < -0.39 is 0 Å². The minimum absolute atomic E-state index is 0.175. The average Bonchev–Trinajstić information content (AvgIpc) is 2.85. The highest BCUT2D eigenvalue weighted by atomic mass is 79.9. The van der Waals surface area contributed by atoms with Crippen LogP contribution in [-0.4, -0.2) is 12.6 Å². The summed E-state index contributed by atoms with van der Waals surface area (Å²) in [5.41, 5.74) is 1.20. The fourth-order valence-corrected chi connectivity index (χ4v) is 3.46. The van der Waals surface area contributed by atoms with Crippen LogP contribution in [0.2, 0.25) is 0 Å². The molecule has 0 saturated heterocycles. The number of nitrogens with one attached hydrogen (secondary N) is 1. The Hall–Kier alpha value is -0.410. The Morgan fingerprint density at radius 1 is 1.39 bits per heavy atom. The second-order valence-corrected chi connectivity index (χ2v) is 6.00. The number of benzene rings is 1. The van der Waals surface area contributed by atoms with Gasteiger partial charge in [0.15, 0.2) is 0 Å². The quantitative estimate of drug-likeness (QED) is 0.854. The van der Waals surface area contributed by atoms with Crippen LogP contribution in [0.15, 0.2) is 22.7 Å². The predicted octanol–water partition coefficient (Wildman–Crippen LogP) is 4.30. The fourth-order valence-electron chi connectivity index (χ4n) is 2.95. The summed E-state index contributed by atoms with van der Waals surface area (Å²) in [6.07, 6.45) is 6.36. The number of likely N-dealkylation sites (N-methyl/N-ethyl adjacent to an activating group) is 1. The van der Waals surface area contributed by atoms with E-state index in [4.69, 9.17) is 0 Å². The molecule has 0 aliphatic heterocycles. The molecule has 0 spiro atoms. The zero-order chi connectivity index (χ0) is 13.0. The first-order chi connectivity index (χ1) is 8.70. The molecular formula is C15H21BrFN. The summed E-state index contributed by atoms with van der Waals surface area (Å²) < 4.78 is 14.0. The van der Waals surface area contributed by atoms with Crippen molar-refractivity contribution in [2.75, 3.05) is 6.54 Å². The largest absolute Gasteiger partial charge is 0.314 e. The van der Waals surface area contributed by atoms with Crippen molar-refractivity contribution in [3.05, 3.63) is 34.1 Å². The third-order valence-electron chi connectivity index (χ3n) is 3.89. The second kappa shape index (κ2) is 6.67. The Morgan fingerprint density at radius 2 is 2.11 bits per heavy atom. The van der Waals surface area contributed by atoms with Crippen LogP contribution in [0.25, 0.3) is 0 Å². The third-order valence-corrected chi connectivity index (χ3v) is 4.63. The van der Waals surface area contributed by atoms with Crippen molar-refractivity contribution in [3.8, 4) is 0 Å². The summed E-state index contributed by atoms with van der Waals surface area (Å²) in [5.74, 6) is 0.605. The molecule has 1 atom stereocenters. The van der Waals surface area contributed by atoms with E-state index >= 15 is 0 Å². The van der Waals surface area contributed by atoms with Gasteiger partial charge in [0.05, 0.1) is 0 Å². The Bertz CT molecular complexity index is 388. The highest BCUT2D eigenvalue weighted by Gasteiger charge is 2.24. The van der Waals surface area contributed by atoms with Crippen molar-refractivity contribution in [1.29, 1.82) is 0 Å². The number of hydrogen-bond acceptors (Lipinski definition) is 1. The molecule has 0 heterocycles. The van der Waals surface area contributed by atoms with Crippen LogP contribution in [0.4, 0.5) is 4.39 Å². The lowest BCUT2D eigenvalue weighted by atomic mass is 9.92. The van der Waals surface area contributed by atoms with E-state index in [1.165, 1.54) is 31.2 Å². The van der Waals surface area contributed by atoms with Crippen molar-refractivity contribution < 1.29 is 4.39 Å². The van der Waals surface area contributed by atoms with Crippen LogP contribution < -0.4 is 5.32 Å². The maximum Gasteiger partial charge on any atom is 0.124 e. The van der Waals surface area contributed by atoms with E-state index in [9.17, 15) is 4.39 Å². The van der Waals surface area contributed by atoms with Gasteiger partial charge in [-0.25, -0.2) is 4.39 Å². The molecule has 2 rings (SSSR count). The number of hydrogen-bond donors (Lipinski definition) is 1. The summed E-state index contributed by atoms with van der Waals surface area (Å²) in [6.45, 7) is 3.15. The summed E-state index contributed by atoms with van der Waals surface area (Å²) in [6, 6.07) is 5.54. The normalized spacial score (nSPS) is 18.2. The van der Waals surface area contributed by atoms with Gasteiger partial charge in [-0.1, -0.05) is 41.8 Å². The second-order valence-electron chi connectivity index (χ2n) is 5.15. The van der Waals surface area contributed by atoms with Gasteiger partial charge < -0.3 is 5.32 Å². The number of rotatable bonds is 5. The topological polar surface area (TPSA) is 12.0 Å².